The van der Waals surface area contributed by atoms with Crippen molar-refractivity contribution in [3.8, 4) is 11.3 Å². The van der Waals surface area contributed by atoms with Crippen molar-refractivity contribution in [2.24, 2.45) is 0 Å². The van der Waals surface area contributed by atoms with Crippen LogP contribution in [-0.4, -0.2) is 124 Å². The smallest absolute Gasteiger partial charge is 0.276 e. The lowest BCUT2D eigenvalue weighted by Crippen LogP contribution is -2.60. The first kappa shape index (κ1) is 34.8. The van der Waals surface area contributed by atoms with E-state index in [1.807, 2.05) is 60.7 Å². The van der Waals surface area contributed by atoms with Crippen LogP contribution in [-0.2, 0) is 30.3 Å². The zero-order chi connectivity index (χ0) is 35.4. The molecule has 4 heterocycles. The summed E-state index contributed by atoms with van der Waals surface area (Å²) in [6.45, 7) is 1.37. The lowest BCUT2D eigenvalue weighted by Gasteiger charge is -2.38. The number of ether oxygens (including phenoxy) is 1. The molecule has 14 heteroatoms. The van der Waals surface area contributed by atoms with Crippen LogP contribution in [0, 0.1) is 0 Å². The van der Waals surface area contributed by atoms with Gasteiger partial charge in [0.15, 0.2) is 11.5 Å². The minimum absolute atomic E-state index is 0.0476. The first-order chi connectivity index (χ1) is 24.1. The molecule has 1 aromatic heterocycles. The van der Waals surface area contributed by atoms with Crippen LogP contribution in [0.25, 0.3) is 11.3 Å². The van der Waals surface area contributed by atoms with Crippen LogP contribution in [0.4, 0.5) is 0 Å². The standard InChI is InChI=1S/C36H42N6O8/c1-22-33(45)38-26(18-23-10-5-3-6-11-23)34(46)37-25-15-17-49-30(32(25)44)20-41(21-31(43)42-16-9-14-28(42)36(48)40(22)2)35(47)27-19-29(50-39-27)24-12-7-4-8-13-24/h3-8,10-13,19,22,25-26,28,30,32,44H,9,14-18,20-21H2,1-2H3,(H,37,46)(H,38,45)/t22-,25-,26-,28-,30+,32-/m0/s1. The average Bonchev–Trinajstić information content (AvgIpc) is 3.83. The summed E-state index contributed by atoms with van der Waals surface area (Å²) in [5.41, 5.74) is 1.46. The van der Waals surface area contributed by atoms with Crippen molar-refractivity contribution < 1.29 is 38.3 Å². The molecule has 14 nitrogen and oxygen atoms in total. The molecule has 3 N–H and O–H groups in total. The molecule has 3 aliphatic heterocycles. The quantitative estimate of drug-likeness (QED) is 0.362. The Morgan fingerprint density at radius 1 is 0.980 bits per heavy atom. The van der Waals surface area contributed by atoms with Gasteiger partial charge in [-0.2, -0.15) is 0 Å². The lowest BCUT2D eigenvalue weighted by molar-refractivity contribution is -0.147. The Labute approximate surface area is 289 Å². The van der Waals surface area contributed by atoms with Gasteiger partial charge < -0.3 is 39.7 Å². The monoisotopic (exact) mass is 686 g/mol. The van der Waals surface area contributed by atoms with Gasteiger partial charge in [0.25, 0.3) is 5.91 Å². The number of hydrogen-bond donors (Lipinski definition) is 3. The number of carbonyl (C=O) groups is 5. The molecule has 2 aromatic carbocycles. The van der Waals surface area contributed by atoms with Gasteiger partial charge in [-0.3, -0.25) is 24.0 Å². The van der Waals surface area contributed by atoms with E-state index in [2.05, 4.69) is 15.8 Å². The van der Waals surface area contributed by atoms with Crippen molar-refractivity contribution in [1.82, 2.24) is 30.5 Å². The second kappa shape index (κ2) is 15.2. The van der Waals surface area contributed by atoms with E-state index in [0.717, 1.165) is 5.56 Å². The summed E-state index contributed by atoms with van der Waals surface area (Å²) in [5.74, 6) is -2.23. The van der Waals surface area contributed by atoms with Gasteiger partial charge in [-0.05, 0) is 31.7 Å². The number of carbonyl (C=O) groups excluding carboxylic acids is 5. The summed E-state index contributed by atoms with van der Waals surface area (Å²) < 4.78 is 11.4. The first-order valence-corrected chi connectivity index (χ1v) is 16.9. The molecule has 3 aromatic rings. The highest BCUT2D eigenvalue weighted by atomic mass is 16.5. The van der Waals surface area contributed by atoms with Gasteiger partial charge in [0.05, 0.1) is 12.6 Å². The van der Waals surface area contributed by atoms with Crippen molar-refractivity contribution in [1.29, 1.82) is 0 Å². The van der Waals surface area contributed by atoms with Crippen molar-refractivity contribution in [3.05, 3.63) is 78.0 Å². The number of nitrogens with one attached hydrogen (secondary N) is 2. The SMILES string of the molecule is C[C@H]1C(=O)N[C@@H](Cc2ccccc2)C(=O)N[C@H]2CCO[C@H](CN(C(=O)c3cc(-c4ccccc4)on3)CC(=O)N3CCC[C@H]3C(=O)N1C)[C@H]2O. The molecule has 6 rings (SSSR count). The third-order valence-electron chi connectivity index (χ3n) is 9.76. The van der Waals surface area contributed by atoms with Crippen LogP contribution in [0.1, 0.15) is 42.2 Å². The number of benzene rings is 2. The summed E-state index contributed by atoms with van der Waals surface area (Å²) in [5, 5.41) is 21.2. The molecule has 0 aliphatic carbocycles. The third kappa shape index (κ3) is 7.55. The minimum atomic E-state index is -1.26. The molecule has 5 amide bonds. The molecular weight excluding hydrogens is 644 g/mol. The van der Waals surface area contributed by atoms with Crippen molar-refractivity contribution in [2.75, 3.05) is 33.3 Å². The summed E-state index contributed by atoms with van der Waals surface area (Å²) in [7, 11) is 1.50. The van der Waals surface area contributed by atoms with Crippen LogP contribution in [0.5, 0.6) is 0 Å². The van der Waals surface area contributed by atoms with Crippen molar-refractivity contribution >= 4 is 29.5 Å². The lowest BCUT2D eigenvalue weighted by atomic mass is 9.97. The molecule has 264 valence electrons. The zero-order valence-electron chi connectivity index (χ0n) is 28.1. The highest BCUT2D eigenvalue weighted by molar-refractivity contribution is 5.97. The van der Waals surface area contributed by atoms with Gasteiger partial charge in [-0.25, -0.2) is 0 Å². The van der Waals surface area contributed by atoms with E-state index in [9.17, 15) is 29.1 Å². The second-order valence-electron chi connectivity index (χ2n) is 13.1. The van der Waals surface area contributed by atoms with E-state index >= 15 is 0 Å². The minimum Gasteiger partial charge on any atom is -0.388 e. The highest BCUT2D eigenvalue weighted by Gasteiger charge is 2.42. The van der Waals surface area contributed by atoms with Crippen LogP contribution < -0.4 is 10.6 Å². The third-order valence-corrected chi connectivity index (χ3v) is 9.76. The Hall–Kier alpha value is -5.08. The maximum absolute atomic E-state index is 14.0. The Bertz CT molecular complexity index is 1700. The zero-order valence-corrected chi connectivity index (χ0v) is 28.1. The second-order valence-corrected chi connectivity index (χ2v) is 13.1. The van der Waals surface area contributed by atoms with E-state index in [1.54, 1.807) is 6.92 Å². The molecule has 3 aliphatic rings. The molecule has 6 atom stereocenters. The predicted molar refractivity (Wildman–Crippen MR) is 179 cm³/mol. The largest absolute Gasteiger partial charge is 0.388 e. The molecule has 2 bridgehead atoms. The number of nitrogens with zero attached hydrogens (tertiary/aromatic N) is 4. The number of rotatable bonds is 4. The fourth-order valence-electron chi connectivity index (χ4n) is 6.72. The van der Waals surface area contributed by atoms with Crippen LogP contribution in [0.3, 0.4) is 0 Å². The van der Waals surface area contributed by atoms with E-state index in [4.69, 9.17) is 9.26 Å². The van der Waals surface area contributed by atoms with Crippen LogP contribution in [0.2, 0.25) is 0 Å². The Morgan fingerprint density at radius 3 is 2.44 bits per heavy atom. The number of fused-ring (bicyclic) bond motifs is 3. The van der Waals surface area contributed by atoms with Gasteiger partial charge in [0, 0.05) is 38.2 Å². The predicted octanol–water partition coefficient (Wildman–Crippen LogP) is 0.997. The number of aliphatic hydroxyl groups is 1. The molecule has 0 spiro atoms. The molecular formula is C36H42N6O8. The summed E-state index contributed by atoms with van der Waals surface area (Å²) in [6.07, 6.45) is -0.862. The first-order valence-electron chi connectivity index (χ1n) is 16.9. The van der Waals surface area contributed by atoms with E-state index in [-0.39, 0.29) is 38.2 Å². The summed E-state index contributed by atoms with van der Waals surface area (Å²) in [4.78, 5) is 73.0. The number of hydrogen-bond acceptors (Lipinski definition) is 9. The molecule has 0 radical (unpaired) electrons. The topological polar surface area (TPSA) is 175 Å². The van der Waals surface area contributed by atoms with Gasteiger partial charge in [0.1, 0.15) is 36.9 Å². The average molecular weight is 687 g/mol. The maximum atomic E-state index is 14.0. The number of aromatic nitrogens is 1. The van der Waals surface area contributed by atoms with Gasteiger partial charge in [-0.15, -0.1) is 0 Å². The Morgan fingerprint density at radius 2 is 1.70 bits per heavy atom. The molecule has 0 unspecified atom stereocenters. The molecule has 50 heavy (non-hydrogen) atoms. The van der Waals surface area contributed by atoms with Gasteiger partial charge in [-0.1, -0.05) is 65.8 Å². The summed E-state index contributed by atoms with van der Waals surface area (Å²) in [6, 6.07) is 16.2. The Kier molecular flexibility index (Phi) is 10.6. The van der Waals surface area contributed by atoms with E-state index < -0.39 is 72.5 Å². The number of likely N-dealkylation sites (N-methyl/N-ethyl adjacent to an activating group) is 1. The van der Waals surface area contributed by atoms with E-state index in [1.165, 1.54) is 27.8 Å². The molecule has 0 saturated carbocycles. The Balaban J connectivity index is 1.32. The fraction of sp³-hybridized carbons (Fsp3) is 0.444. The van der Waals surface area contributed by atoms with Crippen molar-refractivity contribution in [3.63, 3.8) is 0 Å². The highest BCUT2D eigenvalue weighted by Crippen LogP contribution is 2.24. The molecule has 3 fully saturated rings. The normalized spacial score (nSPS) is 27.0. The van der Waals surface area contributed by atoms with Crippen LogP contribution >= 0.6 is 0 Å². The number of amides is 5. The maximum Gasteiger partial charge on any atom is 0.276 e. The summed E-state index contributed by atoms with van der Waals surface area (Å²) >= 11 is 0. The molecule has 3 saturated heterocycles. The van der Waals surface area contributed by atoms with Crippen LogP contribution in [0.15, 0.2) is 71.3 Å². The van der Waals surface area contributed by atoms with Gasteiger partial charge in [0.2, 0.25) is 23.6 Å². The fourth-order valence-corrected chi connectivity index (χ4v) is 6.72. The van der Waals surface area contributed by atoms with Gasteiger partial charge >= 0.3 is 0 Å². The van der Waals surface area contributed by atoms with Crippen molar-refractivity contribution in [2.45, 2.75) is 69.0 Å². The number of aliphatic hydroxyl groups excluding tert-OH is 1. The van der Waals surface area contributed by atoms with E-state index in [0.29, 0.717) is 24.2 Å².